The molecule has 37 heavy (non-hydrogen) atoms. The van der Waals surface area contributed by atoms with Crippen molar-refractivity contribution >= 4 is 35.0 Å². The van der Waals surface area contributed by atoms with Crippen molar-refractivity contribution in [3.8, 4) is 11.1 Å². The zero-order valence-corrected chi connectivity index (χ0v) is 19.9. The third-order valence-electron chi connectivity index (χ3n) is 6.00. The Morgan fingerprint density at radius 2 is 1.89 bits per heavy atom. The summed E-state index contributed by atoms with van der Waals surface area (Å²) in [6.07, 6.45) is 4.30. The second kappa shape index (κ2) is 10.0. The van der Waals surface area contributed by atoms with Gasteiger partial charge in [-0.1, -0.05) is 18.2 Å². The first-order valence-corrected chi connectivity index (χ1v) is 11.7. The van der Waals surface area contributed by atoms with Crippen molar-refractivity contribution in [1.29, 1.82) is 0 Å². The Morgan fingerprint density at radius 1 is 1.03 bits per heavy atom. The van der Waals surface area contributed by atoms with Crippen molar-refractivity contribution < 1.29 is 19.1 Å². The summed E-state index contributed by atoms with van der Waals surface area (Å²) < 4.78 is 14.6. The van der Waals surface area contributed by atoms with Gasteiger partial charge in [0.2, 0.25) is 11.9 Å². The number of nitrogens with zero attached hydrogens (tertiary/aromatic N) is 3. The van der Waals surface area contributed by atoms with Crippen LogP contribution >= 0.6 is 0 Å². The molecular formula is C27H23FN6O3. The van der Waals surface area contributed by atoms with E-state index in [4.69, 9.17) is 0 Å². The molecule has 2 aromatic heterocycles. The highest BCUT2D eigenvalue weighted by Crippen LogP contribution is 2.28. The quantitative estimate of drug-likeness (QED) is 0.274. The summed E-state index contributed by atoms with van der Waals surface area (Å²) >= 11 is 0. The molecule has 0 saturated heterocycles. The number of carbonyl (C=O) groups is 2. The van der Waals surface area contributed by atoms with E-state index in [2.05, 4.69) is 30.9 Å². The van der Waals surface area contributed by atoms with Crippen molar-refractivity contribution in [2.24, 2.45) is 0 Å². The molecule has 0 fully saturated rings. The van der Waals surface area contributed by atoms with Gasteiger partial charge in [0.25, 0.3) is 5.91 Å². The second-order valence-corrected chi connectivity index (χ2v) is 8.66. The molecule has 0 atom stereocenters. The molecule has 1 amide bonds. The largest absolute Gasteiger partial charge is 0.478 e. The van der Waals surface area contributed by atoms with Crippen LogP contribution in [0.4, 0.5) is 27.5 Å². The van der Waals surface area contributed by atoms with Gasteiger partial charge in [0, 0.05) is 35.8 Å². The molecule has 186 valence electrons. The van der Waals surface area contributed by atoms with E-state index in [1.807, 2.05) is 31.2 Å². The molecule has 9 nitrogen and oxygen atoms in total. The maximum absolute atomic E-state index is 14.6. The summed E-state index contributed by atoms with van der Waals surface area (Å²) in [6.45, 7) is 2.24. The summed E-state index contributed by atoms with van der Waals surface area (Å²) in [5, 5.41) is 18.7. The molecule has 2 aliphatic rings. The van der Waals surface area contributed by atoms with E-state index in [1.165, 1.54) is 24.4 Å². The molecule has 2 aliphatic heterocycles. The molecule has 10 heteroatoms. The summed E-state index contributed by atoms with van der Waals surface area (Å²) in [5.74, 6) is -1.77. The highest BCUT2D eigenvalue weighted by atomic mass is 19.1. The molecule has 8 bridgehead atoms. The Balaban J connectivity index is 1.60. The summed E-state index contributed by atoms with van der Waals surface area (Å²) in [6, 6.07) is 13.7. The highest BCUT2D eigenvalue weighted by molar-refractivity contribution is 6.05. The maximum Gasteiger partial charge on any atom is 0.336 e. The van der Waals surface area contributed by atoms with E-state index >= 15 is 0 Å². The van der Waals surface area contributed by atoms with Gasteiger partial charge >= 0.3 is 5.97 Å². The summed E-state index contributed by atoms with van der Waals surface area (Å²) in [4.78, 5) is 37.3. The number of fused-ring (bicyclic) bond motifs is 6. The predicted octanol–water partition coefficient (Wildman–Crippen LogP) is 4.85. The van der Waals surface area contributed by atoms with Crippen LogP contribution in [0.3, 0.4) is 0 Å². The number of hydrogen-bond donors (Lipinski definition) is 4. The third-order valence-corrected chi connectivity index (χ3v) is 6.00. The molecule has 4 aromatic rings. The van der Waals surface area contributed by atoms with E-state index in [0.717, 1.165) is 16.8 Å². The Morgan fingerprint density at radius 3 is 2.73 bits per heavy atom. The minimum atomic E-state index is -1.24. The van der Waals surface area contributed by atoms with Gasteiger partial charge in [-0.05, 0) is 61.2 Å². The van der Waals surface area contributed by atoms with Crippen LogP contribution in [-0.2, 0) is 6.42 Å². The van der Waals surface area contributed by atoms with Crippen LogP contribution in [0.2, 0.25) is 0 Å². The smallest absolute Gasteiger partial charge is 0.336 e. The number of benzene rings is 2. The lowest BCUT2D eigenvalue weighted by atomic mass is 9.99. The Kier molecular flexibility index (Phi) is 6.46. The number of anilines is 4. The Hall–Kier alpha value is -4.86. The van der Waals surface area contributed by atoms with Crippen molar-refractivity contribution in [1.82, 2.24) is 20.3 Å². The lowest BCUT2D eigenvalue weighted by molar-refractivity contribution is 0.0691. The first-order chi connectivity index (χ1) is 17.9. The number of hydrogen-bond acceptors (Lipinski definition) is 7. The molecule has 0 unspecified atom stereocenters. The van der Waals surface area contributed by atoms with E-state index in [9.17, 15) is 19.1 Å². The van der Waals surface area contributed by atoms with Gasteiger partial charge < -0.3 is 21.1 Å². The second-order valence-electron chi connectivity index (χ2n) is 8.66. The van der Waals surface area contributed by atoms with E-state index < -0.39 is 17.8 Å². The summed E-state index contributed by atoms with van der Waals surface area (Å²) in [5.41, 5.74) is 3.50. The molecule has 0 spiro atoms. The fourth-order valence-corrected chi connectivity index (χ4v) is 4.07. The molecule has 0 radical (unpaired) electrons. The first kappa shape index (κ1) is 23.9. The number of rotatable bonds is 1. The minimum absolute atomic E-state index is 0.0161. The number of amides is 1. The lowest BCUT2D eigenvalue weighted by Gasteiger charge is -2.14. The van der Waals surface area contributed by atoms with Crippen LogP contribution in [0.15, 0.2) is 60.9 Å². The SMILES string of the molecule is Cc1cnc2nc1Nc1cccc(c1)CCCNC(=O)c1ccc(cc1C(=O)O)-c1cnc(F)c(c1)N2. The topological polar surface area (TPSA) is 129 Å². The van der Waals surface area contributed by atoms with Gasteiger partial charge in [0.05, 0.1) is 16.8 Å². The number of pyridine rings is 1. The molecule has 4 heterocycles. The number of aromatic nitrogens is 3. The molecule has 0 saturated carbocycles. The van der Waals surface area contributed by atoms with E-state index in [1.54, 1.807) is 12.3 Å². The van der Waals surface area contributed by atoms with E-state index in [0.29, 0.717) is 36.3 Å². The number of aryl methyl sites for hydroxylation is 2. The monoisotopic (exact) mass is 498 g/mol. The van der Waals surface area contributed by atoms with Gasteiger partial charge in [-0.25, -0.2) is 14.8 Å². The van der Waals surface area contributed by atoms with E-state index in [-0.39, 0.29) is 22.8 Å². The molecule has 2 aromatic carbocycles. The number of carboxylic acid groups (broad SMARTS) is 1. The fraction of sp³-hybridized carbons (Fsp3) is 0.148. The van der Waals surface area contributed by atoms with Gasteiger partial charge in [-0.2, -0.15) is 9.37 Å². The van der Waals surface area contributed by atoms with Crippen LogP contribution in [-0.4, -0.2) is 38.5 Å². The first-order valence-electron chi connectivity index (χ1n) is 11.7. The molecule has 4 N–H and O–H groups in total. The number of aromatic carboxylic acids is 1. The van der Waals surface area contributed by atoms with Crippen LogP contribution in [0, 0.1) is 12.9 Å². The van der Waals surface area contributed by atoms with Crippen LogP contribution < -0.4 is 16.0 Å². The fourth-order valence-electron chi connectivity index (χ4n) is 4.07. The van der Waals surface area contributed by atoms with Crippen molar-refractivity contribution in [2.45, 2.75) is 19.8 Å². The average Bonchev–Trinajstić information content (AvgIpc) is 2.89. The molecule has 6 rings (SSSR count). The van der Waals surface area contributed by atoms with Gasteiger partial charge in [0.1, 0.15) is 5.82 Å². The van der Waals surface area contributed by atoms with Crippen LogP contribution in [0.5, 0.6) is 0 Å². The minimum Gasteiger partial charge on any atom is -0.478 e. The highest BCUT2D eigenvalue weighted by Gasteiger charge is 2.19. The van der Waals surface area contributed by atoms with Crippen LogP contribution in [0.1, 0.15) is 38.3 Å². The maximum atomic E-state index is 14.6. The lowest BCUT2D eigenvalue weighted by Crippen LogP contribution is -2.26. The average molecular weight is 499 g/mol. The number of nitrogens with one attached hydrogen (secondary N) is 3. The Bertz CT molecular complexity index is 1520. The number of carbonyl (C=O) groups excluding carboxylic acids is 1. The Labute approximate surface area is 211 Å². The third kappa shape index (κ3) is 5.22. The van der Waals surface area contributed by atoms with Crippen molar-refractivity contribution in [3.05, 3.63) is 89.1 Å². The summed E-state index contributed by atoms with van der Waals surface area (Å²) in [7, 11) is 0. The normalized spacial score (nSPS) is 13.2. The number of carboxylic acids is 1. The predicted molar refractivity (Wildman–Crippen MR) is 137 cm³/mol. The van der Waals surface area contributed by atoms with Crippen molar-refractivity contribution in [2.75, 3.05) is 17.2 Å². The van der Waals surface area contributed by atoms with Crippen LogP contribution in [0.25, 0.3) is 11.1 Å². The zero-order chi connectivity index (χ0) is 25.9. The number of halogens is 1. The molecular weight excluding hydrogens is 475 g/mol. The standard InChI is InChI=1S/C27H23FN6O3/c1-15-13-31-27-33-22-12-18(14-30-23(22)28)17-7-8-20(21(11-17)26(36)37)25(35)29-9-3-5-16-4-2-6-19(10-16)32-24(15)34-27/h2,4,6-8,10-14H,3,5,9H2,1H3,(H,29,35)(H,36,37)(H2,31,32,33,34). The van der Waals surface area contributed by atoms with Gasteiger partial charge in [0.15, 0.2) is 0 Å². The van der Waals surface area contributed by atoms with Gasteiger partial charge in [-0.3, -0.25) is 4.79 Å². The molecule has 0 aliphatic carbocycles. The van der Waals surface area contributed by atoms with Gasteiger partial charge in [-0.15, -0.1) is 0 Å². The zero-order valence-electron chi connectivity index (χ0n) is 19.9. The van der Waals surface area contributed by atoms with Crippen molar-refractivity contribution in [3.63, 3.8) is 0 Å².